The average Bonchev–Trinajstić information content (AvgIpc) is 2.89. The highest BCUT2D eigenvalue weighted by Gasteiger charge is 2.18. The monoisotopic (exact) mass is 311 g/mol. The zero-order valence-electron chi connectivity index (χ0n) is 13.1. The Morgan fingerprint density at radius 1 is 1.26 bits per heavy atom. The Morgan fingerprint density at radius 2 is 2.00 bits per heavy atom. The summed E-state index contributed by atoms with van der Waals surface area (Å²) in [7, 11) is 1.77. The van der Waals surface area contributed by atoms with Crippen LogP contribution in [0.25, 0.3) is 10.9 Å². The van der Waals surface area contributed by atoms with Crippen molar-refractivity contribution in [2.75, 3.05) is 13.6 Å². The van der Waals surface area contributed by atoms with E-state index in [1.807, 2.05) is 19.1 Å². The van der Waals surface area contributed by atoms with Gasteiger partial charge in [-0.05, 0) is 54.8 Å². The van der Waals surface area contributed by atoms with Crippen molar-refractivity contribution in [2.24, 2.45) is 0 Å². The van der Waals surface area contributed by atoms with Gasteiger partial charge in [-0.2, -0.15) is 0 Å². The van der Waals surface area contributed by atoms with Crippen molar-refractivity contribution in [3.63, 3.8) is 0 Å². The number of hydrogen-bond acceptors (Lipinski definition) is 2. The van der Waals surface area contributed by atoms with E-state index in [0.717, 1.165) is 22.9 Å². The summed E-state index contributed by atoms with van der Waals surface area (Å²) in [6, 6.07) is 8.40. The largest absolute Gasteiger partial charge is 0.350 e. The molecule has 3 aromatic rings. The summed E-state index contributed by atoms with van der Waals surface area (Å²) in [4.78, 5) is 21.3. The number of H-pyrrole nitrogens is 1. The van der Waals surface area contributed by atoms with Crippen molar-refractivity contribution in [2.45, 2.75) is 13.3 Å². The zero-order chi connectivity index (χ0) is 16.4. The average molecular weight is 311 g/mol. The zero-order valence-corrected chi connectivity index (χ0v) is 13.1. The number of likely N-dealkylation sites (N-methyl/N-ethyl adjacent to an activating group) is 1. The molecule has 3 rings (SSSR count). The molecule has 0 unspecified atom stereocenters. The Hall–Kier alpha value is -2.69. The van der Waals surface area contributed by atoms with E-state index in [1.165, 1.54) is 12.1 Å². The smallest absolute Gasteiger partial charge is 0.270 e. The van der Waals surface area contributed by atoms with Crippen molar-refractivity contribution < 1.29 is 9.18 Å². The molecule has 1 amide bonds. The Morgan fingerprint density at radius 3 is 2.74 bits per heavy atom. The molecule has 2 heterocycles. The first-order valence-electron chi connectivity index (χ1n) is 7.48. The van der Waals surface area contributed by atoms with E-state index in [1.54, 1.807) is 30.4 Å². The summed E-state index contributed by atoms with van der Waals surface area (Å²) in [5.41, 5.74) is 3.15. The van der Waals surface area contributed by atoms with Gasteiger partial charge in [-0.25, -0.2) is 4.39 Å². The van der Waals surface area contributed by atoms with Gasteiger partial charge in [0, 0.05) is 36.9 Å². The van der Waals surface area contributed by atoms with Gasteiger partial charge in [0.15, 0.2) is 0 Å². The number of halogens is 1. The number of carbonyl (C=O) groups is 1. The molecule has 0 atom stereocenters. The summed E-state index contributed by atoms with van der Waals surface area (Å²) in [5, 5.41) is 0.872. The maximum absolute atomic E-state index is 13.3. The second-order valence-corrected chi connectivity index (χ2v) is 5.65. The predicted octanol–water partition coefficient (Wildman–Crippen LogP) is 3.33. The first kappa shape index (κ1) is 15.2. The molecular formula is C18H18FN3O. The van der Waals surface area contributed by atoms with Gasteiger partial charge >= 0.3 is 0 Å². The third-order valence-electron chi connectivity index (χ3n) is 4.07. The Balaban J connectivity index is 1.78. The first-order valence-corrected chi connectivity index (χ1v) is 7.48. The minimum atomic E-state index is -0.316. The van der Waals surface area contributed by atoms with Gasteiger partial charge in [0.1, 0.15) is 11.5 Å². The minimum absolute atomic E-state index is 0.0897. The number of benzene rings is 1. The molecule has 118 valence electrons. The van der Waals surface area contributed by atoms with Crippen LogP contribution in [0.3, 0.4) is 0 Å². The van der Waals surface area contributed by atoms with Crippen LogP contribution in [0, 0.1) is 12.7 Å². The molecule has 0 aliphatic heterocycles. The van der Waals surface area contributed by atoms with Gasteiger partial charge in [-0.15, -0.1) is 0 Å². The number of amides is 1. The molecule has 1 N–H and O–H groups in total. The Labute approximate surface area is 134 Å². The highest BCUT2D eigenvalue weighted by Crippen LogP contribution is 2.23. The van der Waals surface area contributed by atoms with E-state index < -0.39 is 0 Å². The fraction of sp³-hybridized carbons (Fsp3) is 0.222. The molecule has 0 saturated carbocycles. The highest BCUT2D eigenvalue weighted by molar-refractivity contribution is 6.00. The van der Waals surface area contributed by atoms with Gasteiger partial charge in [-0.1, -0.05) is 0 Å². The van der Waals surface area contributed by atoms with Crippen LogP contribution in [0.1, 0.15) is 21.6 Å². The van der Waals surface area contributed by atoms with Crippen LogP contribution >= 0.6 is 0 Å². The summed E-state index contributed by atoms with van der Waals surface area (Å²) in [6.07, 6.45) is 4.25. The molecule has 0 fully saturated rings. The second kappa shape index (κ2) is 6.20. The number of pyridine rings is 1. The highest BCUT2D eigenvalue weighted by atomic mass is 19.1. The summed E-state index contributed by atoms with van der Waals surface area (Å²) in [5.74, 6) is -0.406. The van der Waals surface area contributed by atoms with Crippen LogP contribution < -0.4 is 0 Å². The maximum Gasteiger partial charge on any atom is 0.270 e. The van der Waals surface area contributed by atoms with E-state index >= 15 is 0 Å². The van der Waals surface area contributed by atoms with E-state index in [2.05, 4.69) is 9.97 Å². The van der Waals surface area contributed by atoms with E-state index in [0.29, 0.717) is 17.8 Å². The normalized spacial score (nSPS) is 10.9. The molecule has 0 aliphatic carbocycles. The van der Waals surface area contributed by atoms with Crippen LogP contribution in [-0.2, 0) is 6.42 Å². The van der Waals surface area contributed by atoms with E-state index in [4.69, 9.17) is 0 Å². The van der Waals surface area contributed by atoms with Crippen molar-refractivity contribution in [1.29, 1.82) is 0 Å². The summed E-state index contributed by atoms with van der Waals surface area (Å²) < 4.78 is 13.3. The van der Waals surface area contributed by atoms with Crippen LogP contribution in [0.4, 0.5) is 4.39 Å². The molecule has 0 aliphatic rings. The lowest BCUT2D eigenvalue weighted by Gasteiger charge is -2.17. The molecule has 0 saturated heterocycles. The molecule has 2 aromatic heterocycles. The number of rotatable bonds is 4. The first-order chi connectivity index (χ1) is 11.1. The SMILES string of the molecule is Cc1c(C(=O)N(C)CCc2ccncc2)[nH]c2cc(F)ccc12. The fourth-order valence-electron chi connectivity index (χ4n) is 2.66. The molecule has 0 bridgehead atoms. The summed E-state index contributed by atoms with van der Waals surface area (Å²) >= 11 is 0. The third kappa shape index (κ3) is 3.08. The lowest BCUT2D eigenvalue weighted by atomic mass is 10.1. The molecule has 1 aromatic carbocycles. The number of aryl methyl sites for hydroxylation is 1. The Kier molecular flexibility index (Phi) is 4.10. The molecule has 4 nitrogen and oxygen atoms in total. The molecule has 5 heteroatoms. The van der Waals surface area contributed by atoms with E-state index in [9.17, 15) is 9.18 Å². The number of hydrogen-bond donors (Lipinski definition) is 1. The lowest BCUT2D eigenvalue weighted by molar-refractivity contribution is 0.0791. The molecule has 0 spiro atoms. The van der Waals surface area contributed by atoms with Gasteiger partial charge < -0.3 is 9.88 Å². The van der Waals surface area contributed by atoms with Crippen molar-refractivity contribution in [3.8, 4) is 0 Å². The fourth-order valence-corrected chi connectivity index (χ4v) is 2.66. The van der Waals surface area contributed by atoms with Crippen LogP contribution in [0.2, 0.25) is 0 Å². The van der Waals surface area contributed by atoms with Crippen LogP contribution in [0.5, 0.6) is 0 Å². The quantitative estimate of drug-likeness (QED) is 0.803. The van der Waals surface area contributed by atoms with Gasteiger partial charge in [0.05, 0.1) is 0 Å². The predicted molar refractivity (Wildman–Crippen MR) is 87.9 cm³/mol. The van der Waals surface area contributed by atoms with Gasteiger partial charge in [0.2, 0.25) is 0 Å². The Bertz CT molecular complexity index is 842. The maximum atomic E-state index is 13.3. The molecule has 0 radical (unpaired) electrons. The number of nitrogens with zero attached hydrogens (tertiary/aromatic N) is 2. The topological polar surface area (TPSA) is 49.0 Å². The van der Waals surface area contributed by atoms with Gasteiger partial charge in [0.25, 0.3) is 5.91 Å². The second-order valence-electron chi connectivity index (χ2n) is 5.65. The van der Waals surface area contributed by atoms with Crippen LogP contribution in [-0.4, -0.2) is 34.4 Å². The number of fused-ring (bicyclic) bond motifs is 1. The number of nitrogens with one attached hydrogen (secondary N) is 1. The van der Waals surface area contributed by atoms with Gasteiger partial charge in [-0.3, -0.25) is 9.78 Å². The summed E-state index contributed by atoms with van der Waals surface area (Å²) in [6.45, 7) is 2.48. The minimum Gasteiger partial charge on any atom is -0.350 e. The number of aromatic amines is 1. The number of aromatic nitrogens is 2. The van der Waals surface area contributed by atoms with Crippen molar-refractivity contribution >= 4 is 16.8 Å². The molecular weight excluding hydrogens is 293 g/mol. The van der Waals surface area contributed by atoms with Crippen molar-refractivity contribution in [1.82, 2.24) is 14.9 Å². The van der Waals surface area contributed by atoms with E-state index in [-0.39, 0.29) is 11.7 Å². The third-order valence-corrected chi connectivity index (χ3v) is 4.07. The standard InChI is InChI=1S/C18H18FN3O/c1-12-15-4-3-14(19)11-16(15)21-17(12)18(23)22(2)10-7-13-5-8-20-9-6-13/h3-6,8-9,11,21H,7,10H2,1-2H3. The lowest BCUT2D eigenvalue weighted by Crippen LogP contribution is -2.29. The van der Waals surface area contributed by atoms with Crippen molar-refractivity contribution in [3.05, 3.63) is 65.4 Å². The molecule has 23 heavy (non-hydrogen) atoms. The van der Waals surface area contributed by atoms with Crippen LogP contribution in [0.15, 0.2) is 42.7 Å². The number of carbonyl (C=O) groups excluding carboxylic acids is 1.